The summed E-state index contributed by atoms with van der Waals surface area (Å²) in [5.41, 5.74) is 4.47. The molecule has 3 heteroatoms. The number of hydrogen-bond acceptors (Lipinski definition) is 3. The van der Waals surface area contributed by atoms with Crippen LogP contribution in [0.2, 0.25) is 0 Å². The number of hydrogen-bond donors (Lipinski definition) is 0. The average Bonchev–Trinajstić information content (AvgIpc) is 3.23. The van der Waals surface area contributed by atoms with Crippen molar-refractivity contribution in [2.75, 3.05) is 37.0 Å². The molecule has 0 amide bonds. The molecular formula is C26H28N2O. The highest BCUT2D eigenvalue weighted by molar-refractivity contribution is 5.94. The zero-order chi connectivity index (χ0) is 20.2. The highest BCUT2D eigenvalue weighted by atomic mass is 16.5. The van der Waals surface area contributed by atoms with Gasteiger partial charge in [0, 0.05) is 37.4 Å². The number of nitrogens with zero attached hydrogens (tertiary/aromatic N) is 2. The van der Waals surface area contributed by atoms with Crippen LogP contribution >= 0.6 is 0 Å². The van der Waals surface area contributed by atoms with E-state index in [0.717, 1.165) is 13.2 Å². The van der Waals surface area contributed by atoms with E-state index in [0.29, 0.717) is 0 Å². The smallest absolute Gasteiger partial charge is 0.170 e. The fraction of sp³-hybridized carbons (Fsp3) is 0.308. The van der Waals surface area contributed by atoms with Crippen LogP contribution in [0.5, 0.6) is 0 Å². The maximum Gasteiger partial charge on any atom is 0.170 e. The summed E-state index contributed by atoms with van der Waals surface area (Å²) in [5.74, 6) is 0. The van der Waals surface area contributed by atoms with Crippen LogP contribution in [-0.4, -0.2) is 33.0 Å². The molecule has 3 nitrogen and oxygen atoms in total. The average molecular weight is 385 g/mol. The van der Waals surface area contributed by atoms with E-state index >= 15 is 0 Å². The Hall–Kier alpha value is -2.78. The lowest BCUT2D eigenvalue weighted by Gasteiger charge is -2.40. The molecular weight excluding hydrogens is 356 g/mol. The Labute approximate surface area is 173 Å². The number of rotatable bonds is 3. The molecule has 5 rings (SSSR count). The minimum absolute atomic E-state index is 0.167. The topological polar surface area (TPSA) is 15.7 Å². The Morgan fingerprint density at radius 2 is 1.72 bits per heavy atom. The van der Waals surface area contributed by atoms with Crippen molar-refractivity contribution in [3.05, 3.63) is 77.9 Å². The summed E-state index contributed by atoms with van der Waals surface area (Å²) in [6.07, 6.45) is 4.49. The van der Waals surface area contributed by atoms with Crippen molar-refractivity contribution in [2.24, 2.45) is 0 Å². The summed E-state index contributed by atoms with van der Waals surface area (Å²) >= 11 is 0. The maximum atomic E-state index is 6.53. The minimum Gasteiger partial charge on any atom is -0.378 e. The van der Waals surface area contributed by atoms with Gasteiger partial charge in [-0.25, -0.2) is 0 Å². The van der Waals surface area contributed by atoms with Crippen molar-refractivity contribution in [2.45, 2.75) is 25.0 Å². The first-order valence-electron chi connectivity index (χ1n) is 10.3. The van der Waals surface area contributed by atoms with Crippen molar-refractivity contribution < 1.29 is 4.74 Å². The number of benzene rings is 3. The van der Waals surface area contributed by atoms with Gasteiger partial charge in [-0.05, 0) is 46.2 Å². The van der Waals surface area contributed by atoms with E-state index in [4.69, 9.17) is 4.74 Å². The van der Waals surface area contributed by atoms with Crippen molar-refractivity contribution >= 4 is 28.2 Å². The zero-order valence-electron chi connectivity index (χ0n) is 17.6. The first kappa shape index (κ1) is 18.3. The molecule has 0 saturated carbocycles. The van der Waals surface area contributed by atoms with Gasteiger partial charge in [-0.3, -0.25) is 0 Å². The summed E-state index contributed by atoms with van der Waals surface area (Å²) in [6.45, 7) is 6.31. The van der Waals surface area contributed by atoms with Gasteiger partial charge >= 0.3 is 0 Å². The van der Waals surface area contributed by atoms with Crippen LogP contribution < -0.4 is 9.80 Å². The minimum atomic E-state index is -0.459. The van der Waals surface area contributed by atoms with Crippen molar-refractivity contribution in [1.29, 1.82) is 0 Å². The third-order valence-electron chi connectivity index (χ3n) is 6.67. The van der Waals surface area contributed by atoms with E-state index in [2.05, 4.69) is 111 Å². The lowest BCUT2D eigenvalue weighted by Crippen LogP contribution is -2.51. The Morgan fingerprint density at radius 1 is 0.966 bits per heavy atom. The SMILES string of the molecule is CN(C)c1ccc(/C=C/C23OCCN2c2ccc4ccccc4c2C3(C)C)cc1. The molecule has 148 valence electrons. The first-order valence-corrected chi connectivity index (χ1v) is 10.3. The Morgan fingerprint density at radius 3 is 2.48 bits per heavy atom. The van der Waals surface area contributed by atoms with Gasteiger partial charge in [0.2, 0.25) is 0 Å². The molecule has 1 atom stereocenters. The summed E-state index contributed by atoms with van der Waals surface area (Å²) in [5, 5.41) is 2.62. The van der Waals surface area contributed by atoms with Crippen LogP contribution in [0.4, 0.5) is 11.4 Å². The number of ether oxygens (including phenoxy) is 1. The molecule has 0 aromatic heterocycles. The Balaban J connectivity index is 1.61. The lowest BCUT2D eigenvalue weighted by molar-refractivity contribution is 0.000708. The van der Waals surface area contributed by atoms with Gasteiger partial charge < -0.3 is 14.5 Å². The van der Waals surface area contributed by atoms with Gasteiger partial charge in [-0.2, -0.15) is 0 Å². The zero-order valence-corrected chi connectivity index (χ0v) is 17.6. The van der Waals surface area contributed by atoms with E-state index in [1.165, 1.54) is 33.3 Å². The van der Waals surface area contributed by atoms with Gasteiger partial charge in [-0.15, -0.1) is 0 Å². The highest BCUT2D eigenvalue weighted by Crippen LogP contribution is 2.57. The molecule has 2 aliphatic heterocycles. The lowest BCUT2D eigenvalue weighted by atomic mass is 9.75. The first-order chi connectivity index (χ1) is 13.9. The summed E-state index contributed by atoms with van der Waals surface area (Å²) in [6, 6.07) is 21.9. The van der Waals surface area contributed by atoms with Crippen LogP contribution in [0.1, 0.15) is 25.0 Å². The summed E-state index contributed by atoms with van der Waals surface area (Å²) in [4.78, 5) is 4.58. The molecule has 0 N–H and O–H groups in total. The molecule has 0 bridgehead atoms. The largest absolute Gasteiger partial charge is 0.378 e. The molecule has 2 aliphatic rings. The van der Waals surface area contributed by atoms with Gasteiger partial charge in [-0.1, -0.05) is 62.4 Å². The highest BCUT2D eigenvalue weighted by Gasteiger charge is 2.59. The third kappa shape index (κ3) is 2.54. The standard InChI is InChI=1S/C26H28N2O/c1-25(2)24-22-8-6-5-7-20(22)11-14-23(24)28-17-18-29-26(25,28)16-15-19-9-12-21(13-10-19)27(3)4/h5-16H,17-18H2,1-4H3/b16-15+. The van der Waals surface area contributed by atoms with Gasteiger partial charge in [0.25, 0.3) is 0 Å². The van der Waals surface area contributed by atoms with E-state index < -0.39 is 5.72 Å². The molecule has 3 aromatic rings. The third-order valence-corrected chi connectivity index (χ3v) is 6.67. The van der Waals surface area contributed by atoms with Gasteiger partial charge in [0.1, 0.15) is 0 Å². The van der Waals surface area contributed by atoms with Crippen molar-refractivity contribution in [1.82, 2.24) is 0 Å². The molecule has 1 unspecified atom stereocenters. The fourth-order valence-electron chi connectivity index (χ4n) is 5.11. The summed E-state index contributed by atoms with van der Waals surface area (Å²) < 4.78 is 6.53. The van der Waals surface area contributed by atoms with Gasteiger partial charge in [0.05, 0.1) is 6.61 Å². The van der Waals surface area contributed by atoms with E-state index in [1.54, 1.807) is 0 Å². The predicted octanol–water partition coefficient (Wildman–Crippen LogP) is 5.44. The molecule has 0 spiro atoms. The van der Waals surface area contributed by atoms with Crippen molar-refractivity contribution in [3.63, 3.8) is 0 Å². The molecule has 1 saturated heterocycles. The normalized spacial score (nSPS) is 22.3. The Kier molecular flexibility index (Phi) is 4.01. The van der Waals surface area contributed by atoms with Gasteiger partial charge in [0.15, 0.2) is 5.72 Å². The molecule has 0 aliphatic carbocycles. The fourth-order valence-corrected chi connectivity index (χ4v) is 5.11. The second kappa shape index (κ2) is 6.36. The van der Waals surface area contributed by atoms with E-state index in [1.807, 2.05) is 0 Å². The van der Waals surface area contributed by atoms with Crippen LogP contribution in [0, 0.1) is 0 Å². The maximum absolute atomic E-state index is 6.53. The number of anilines is 2. The summed E-state index contributed by atoms with van der Waals surface area (Å²) in [7, 11) is 4.13. The molecule has 1 fully saturated rings. The monoisotopic (exact) mass is 384 g/mol. The van der Waals surface area contributed by atoms with E-state index in [-0.39, 0.29) is 5.41 Å². The van der Waals surface area contributed by atoms with Crippen LogP contribution in [0.25, 0.3) is 16.8 Å². The number of fused-ring (bicyclic) bond motifs is 5. The predicted molar refractivity (Wildman–Crippen MR) is 123 cm³/mol. The van der Waals surface area contributed by atoms with E-state index in [9.17, 15) is 0 Å². The quantitative estimate of drug-likeness (QED) is 0.598. The van der Waals surface area contributed by atoms with Crippen LogP contribution in [0.3, 0.4) is 0 Å². The van der Waals surface area contributed by atoms with Crippen LogP contribution in [-0.2, 0) is 10.2 Å². The molecule has 29 heavy (non-hydrogen) atoms. The van der Waals surface area contributed by atoms with Crippen molar-refractivity contribution in [3.8, 4) is 0 Å². The van der Waals surface area contributed by atoms with Crippen LogP contribution in [0.15, 0.2) is 66.7 Å². The second-order valence-electron chi connectivity index (χ2n) is 8.82. The molecule has 2 heterocycles. The Bertz CT molecular complexity index is 1100. The molecule has 0 radical (unpaired) electrons. The second-order valence-corrected chi connectivity index (χ2v) is 8.82. The molecule has 3 aromatic carbocycles.